The maximum absolute atomic E-state index is 9.07. The molecule has 1 aliphatic carbocycles. The summed E-state index contributed by atoms with van der Waals surface area (Å²) in [6, 6.07) is 0.379. The van der Waals surface area contributed by atoms with Crippen LogP contribution in [-0.2, 0) is 0 Å². The number of aliphatic hydroxyl groups is 1. The number of rotatable bonds is 2. The molecule has 0 unspecified atom stereocenters. The molecule has 2 rings (SSSR count). The van der Waals surface area contributed by atoms with Crippen LogP contribution in [0.5, 0.6) is 0 Å². The van der Waals surface area contributed by atoms with E-state index in [2.05, 4.69) is 11.8 Å². The summed E-state index contributed by atoms with van der Waals surface area (Å²) < 4.78 is 0. The lowest BCUT2D eigenvalue weighted by molar-refractivity contribution is -0.0494. The summed E-state index contributed by atoms with van der Waals surface area (Å²) in [6.07, 6.45) is 8.61. The van der Waals surface area contributed by atoms with Crippen LogP contribution >= 0.6 is 0 Å². The molecule has 2 heteroatoms. The van der Waals surface area contributed by atoms with Gasteiger partial charge in [-0.15, -0.1) is 0 Å². The number of hydrogen-bond acceptors (Lipinski definition) is 2. The van der Waals surface area contributed by atoms with Gasteiger partial charge in [-0.3, -0.25) is 4.90 Å². The van der Waals surface area contributed by atoms with Crippen LogP contribution in [0.25, 0.3) is 0 Å². The fourth-order valence-corrected chi connectivity index (χ4v) is 3.04. The summed E-state index contributed by atoms with van der Waals surface area (Å²) in [5.74, 6) is 0. The fraction of sp³-hybridized carbons (Fsp3) is 1.00. The van der Waals surface area contributed by atoms with E-state index < -0.39 is 0 Å². The molecule has 1 N–H and O–H groups in total. The minimum atomic E-state index is 0.316. The van der Waals surface area contributed by atoms with Crippen LogP contribution in [0.1, 0.15) is 45.4 Å². The Balaban J connectivity index is 1.83. The topological polar surface area (TPSA) is 23.5 Å². The van der Waals surface area contributed by atoms with E-state index in [0.717, 1.165) is 0 Å². The molecule has 82 valence electrons. The normalized spacial score (nSPS) is 29.6. The van der Waals surface area contributed by atoms with Gasteiger partial charge in [0.15, 0.2) is 0 Å². The summed E-state index contributed by atoms with van der Waals surface area (Å²) in [6.45, 7) is 4.93. The third-order valence-corrected chi connectivity index (χ3v) is 4.13. The Kier molecular flexibility index (Phi) is 3.13. The fourth-order valence-electron chi connectivity index (χ4n) is 3.04. The lowest BCUT2D eigenvalue weighted by Gasteiger charge is -2.52. The van der Waals surface area contributed by atoms with E-state index in [4.69, 9.17) is 5.11 Å². The van der Waals surface area contributed by atoms with Gasteiger partial charge in [-0.05, 0) is 25.2 Å². The van der Waals surface area contributed by atoms with Crippen molar-refractivity contribution in [3.8, 4) is 0 Å². The van der Waals surface area contributed by atoms with Gasteiger partial charge in [0.25, 0.3) is 0 Å². The Bertz CT molecular complexity index is 177. The first-order valence-electron chi connectivity index (χ1n) is 6.11. The first-order valence-corrected chi connectivity index (χ1v) is 6.11. The van der Waals surface area contributed by atoms with E-state index >= 15 is 0 Å². The Morgan fingerprint density at radius 3 is 2.21 bits per heavy atom. The highest BCUT2D eigenvalue weighted by Crippen LogP contribution is 2.43. The van der Waals surface area contributed by atoms with Crippen molar-refractivity contribution in [3.05, 3.63) is 0 Å². The molecule has 2 fully saturated rings. The summed E-state index contributed by atoms with van der Waals surface area (Å²) >= 11 is 0. The molecule has 1 aliphatic heterocycles. The van der Waals surface area contributed by atoms with Gasteiger partial charge in [0.2, 0.25) is 0 Å². The molecule has 1 heterocycles. The van der Waals surface area contributed by atoms with Crippen molar-refractivity contribution in [3.63, 3.8) is 0 Å². The van der Waals surface area contributed by atoms with Crippen LogP contribution in [0.4, 0.5) is 0 Å². The van der Waals surface area contributed by atoms with E-state index in [1.54, 1.807) is 0 Å². The molecule has 2 aliphatic rings. The molecule has 14 heavy (non-hydrogen) atoms. The van der Waals surface area contributed by atoms with Crippen molar-refractivity contribution in [1.29, 1.82) is 0 Å². The van der Waals surface area contributed by atoms with Crippen LogP contribution in [0.2, 0.25) is 0 Å². The molecule has 1 spiro atoms. The Labute approximate surface area is 87.3 Å². The highest BCUT2D eigenvalue weighted by Gasteiger charge is 2.43. The van der Waals surface area contributed by atoms with Crippen molar-refractivity contribution in [1.82, 2.24) is 4.90 Å². The molecule has 0 radical (unpaired) electrons. The van der Waals surface area contributed by atoms with Gasteiger partial charge in [-0.2, -0.15) is 0 Å². The molecule has 0 amide bonds. The molecule has 0 aromatic heterocycles. The highest BCUT2D eigenvalue weighted by molar-refractivity contribution is 4.97. The third kappa shape index (κ3) is 1.96. The van der Waals surface area contributed by atoms with Gasteiger partial charge in [-0.25, -0.2) is 0 Å². The van der Waals surface area contributed by atoms with Crippen molar-refractivity contribution >= 4 is 0 Å². The molecule has 0 aromatic carbocycles. The molecule has 0 aromatic rings. The van der Waals surface area contributed by atoms with Crippen LogP contribution in [0.15, 0.2) is 0 Å². The molecule has 1 saturated heterocycles. The maximum atomic E-state index is 9.07. The average molecular weight is 197 g/mol. The highest BCUT2D eigenvalue weighted by atomic mass is 16.3. The van der Waals surface area contributed by atoms with Crippen LogP contribution in [-0.4, -0.2) is 35.7 Å². The summed E-state index contributed by atoms with van der Waals surface area (Å²) in [5.41, 5.74) is 0.653. The standard InChI is InChI=1S/C12H23NO/c1-11(8-14)13-9-12(10-13)6-4-2-3-5-7-12/h11,14H,2-10H2,1H3/t11-/m0/s1. The minimum absolute atomic E-state index is 0.316. The zero-order valence-corrected chi connectivity index (χ0v) is 9.34. The number of aliphatic hydroxyl groups excluding tert-OH is 1. The second-order valence-corrected chi connectivity index (χ2v) is 5.35. The second-order valence-electron chi connectivity index (χ2n) is 5.35. The number of nitrogens with zero attached hydrogens (tertiary/aromatic N) is 1. The Morgan fingerprint density at radius 2 is 1.71 bits per heavy atom. The monoisotopic (exact) mass is 197 g/mol. The van der Waals surface area contributed by atoms with Gasteiger partial charge in [-0.1, -0.05) is 25.7 Å². The predicted molar refractivity (Wildman–Crippen MR) is 58.3 cm³/mol. The predicted octanol–water partition coefficient (Wildman–Crippen LogP) is 2.02. The van der Waals surface area contributed by atoms with Crippen molar-refractivity contribution in [2.75, 3.05) is 19.7 Å². The minimum Gasteiger partial charge on any atom is -0.395 e. The van der Waals surface area contributed by atoms with Gasteiger partial charge < -0.3 is 5.11 Å². The van der Waals surface area contributed by atoms with Crippen molar-refractivity contribution < 1.29 is 5.11 Å². The zero-order chi connectivity index (χ0) is 10.0. The average Bonchev–Trinajstić information content (AvgIpc) is 2.39. The SMILES string of the molecule is C[C@@H](CO)N1CC2(CCCCCC2)C1. The Morgan fingerprint density at radius 1 is 1.14 bits per heavy atom. The van der Waals surface area contributed by atoms with Crippen LogP contribution < -0.4 is 0 Å². The van der Waals surface area contributed by atoms with Gasteiger partial charge in [0, 0.05) is 19.1 Å². The Hall–Kier alpha value is -0.0800. The largest absolute Gasteiger partial charge is 0.395 e. The van der Waals surface area contributed by atoms with E-state index in [-0.39, 0.29) is 0 Å². The van der Waals surface area contributed by atoms with Gasteiger partial charge in [0.1, 0.15) is 0 Å². The molecule has 2 nitrogen and oxygen atoms in total. The zero-order valence-electron chi connectivity index (χ0n) is 9.34. The lowest BCUT2D eigenvalue weighted by atomic mass is 9.73. The van der Waals surface area contributed by atoms with Crippen molar-refractivity contribution in [2.24, 2.45) is 5.41 Å². The van der Waals surface area contributed by atoms with Gasteiger partial charge >= 0.3 is 0 Å². The van der Waals surface area contributed by atoms with Crippen molar-refractivity contribution in [2.45, 2.75) is 51.5 Å². The van der Waals surface area contributed by atoms with E-state index in [1.165, 1.54) is 51.6 Å². The maximum Gasteiger partial charge on any atom is 0.0584 e. The number of likely N-dealkylation sites (tertiary alicyclic amines) is 1. The first-order chi connectivity index (χ1) is 6.76. The van der Waals surface area contributed by atoms with E-state index in [1.807, 2.05) is 0 Å². The molecule has 1 saturated carbocycles. The van der Waals surface area contributed by atoms with E-state index in [9.17, 15) is 0 Å². The quantitative estimate of drug-likeness (QED) is 0.732. The molecular formula is C12H23NO. The van der Waals surface area contributed by atoms with Crippen LogP contribution in [0.3, 0.4) is 0 Å². The third-order valence-electron chi connectivity index (χ3n) is 4.13. The van der Waals surface area contributed by atoms with E-state index in [0.29, 0.717) is 18.1 Å². The van der Waals surface area contributed by atoms with Gasteiger partial charge in [0.05, 0.1) is 6.61 Å². The number of hydrogen-bond donors (Lipinski definition) is 1. The molecule has 0 bridgehead atoms. The molecule has 1 atom stereocenters. The smallest absolute Gasteiger partial charge is 0.0584 e. The first kappa shape index (κ1) is 10.4. The second kappa shape index (κ2) is 4.19. The molecular weight excluding hydrogens is 174 g/mol. The summed E-state index contributed by atoms with van der Waals surface area (Å²) in [4.78, 5) is 2.44. The summed E-state index contributed by atoms with van der Waals surface area (Å²) in [5, 5.41) is 9.07. The lowest BCUT2D eigenvalue weighted by Crippen LogP contribution is -2.59. The summed E-state index contributed by atoms with van der Waals surface area (Å²) in [7, 11) is 0. The van der Waals surface area contributed by atoms with Crippen LogP contribution in [0, 0.1) is 5.41 Å².